The number of aliphatic hydroxyl groups excluding tert-OH is 1. The van der Waals surface area contributed by atoms with Crippen LogP contribution in [0.2, 0.25) is 0 Å². The molecule has 5 atom stereocenters. The number of esters is 4. The minimum atomic E-state index is -4.96. The summed E-state index contributed by atoms with van der Waals surface area (Å²) in [6.07, 6.45) is 65.1. The fraction of sp³-hybridized carbons (Fsp3) is 0.951. The molecule has 19 heteroatoms. The fourth-order valence-corrected chi connectivity index (χ4v) is 14.2. The van der Waals surface area contributed by atoms with Crippen molar-refractivity contribution in [2.75, 3.05) is 39.6 Å². The maximum absolute atomic E-state index is 13.1. The highest BCUT2D eigenvalue weighted by atomic mass is 31.2. The van der Waals surface area contributed by atoms with Crippen LogP contribution < -0.4 is 0 Å². The van der Waals surface area contributed by atoms with Crippen LogP contribution in [0, 0.1) is 5.92 Å². The van der Waals surface area contributed by atoms with E-state index in [-0.39, 0.29) is 25.7 Å². The molecule has 0 aromatic rings. The fourth-order valence-electron chi connectivity index (χ4n) is 12.6. The molecule has 17 nitrogen and oxygen atoms in total. The highest BCUT2D eigenvalue weighted by molar-refractivity contribution is 7.47. The molecule has 3 N–H and O–H groups in total. The molecule has 0 aliphatic rings. The van der Waals surface area contributed by atoms with Gasteiger partial charge in [-0.15, -0.1) is 0 Å². The molecule has 0 rings (SSSR count). The molecule has 0 saturated carbocycles. The van der Waals surface area contributed by atoms with Crippen molar-refractivity contribution in [2.45, 2.75) is 451 Å². The monoisotopic (exact) mass is 1470 g/mol. The van der Waals surface area contributed by atoms with Gasteiger partial charge in [0.25, 0.3) is 0 Å². The van der Waals surface area contributed by atoms with E-state index in [9.17, 15) is 43.2 Å². The Kier molecular flexibility index (Phi) is 72.5. The number of phosphoric acid groups is 2. The van der Waals surface area contributed by atoms with E-state index in [2.05, 4.69) is 34.6 Å². The SMILES string of the molecule is CCCCCCCCCCCCCCCCCCCCCCC(=O)O[C@H](COC(=O)CCCCCCCCCCCCCC(C)C)COP(=O)(O)OC[C@@H](O)COP(=O)(O)OC[C@@H](COC(=O)CCCCCCCCCCCCCCC)OC(=O)CCCCCCCCCCCCCCC. The Balaban J connectivity index is 5.24. The zero-order valence-electron chi connectivity index (χ0n) is 65.3. The van der Waals surface area contributed by atoms with Gasteiger partial charge in [0.15, 0.2) is 12.2 Å². The molecule has 0 aliphatic carbocycles. The maximum atomic E-state index is 13.1. The van der Waals surface area contributed by atoms with Crippen molar-refractivity contribution in [2.24, 2.45) is 5.92 Å². The quantitative estimate of drug-likeness (QED) is 0.0222. The summed E-state index contributed by atoms with van der Waals surface area (Å²) in [5, 5.41) is 10.6. The molecule has 0 saturated heterocycles. The van der Waals surface area contributed by atoms with Crippen molar-refractivity contribution < 1.29 is 80.2 Å². The van der Waals surface area contributed by atoms with E-state index < -0.39 is 97.5 Å². The van der Waals surface area contributed by atoms with Crippen LogP contribution in [0.5, 0.6) is 0 Å². The molecule has 0 spiro atoms. The van der Waals surface area contributed by atoms with Crippen LogP contribution in [-0.2, 0) is 65.4 Å². The molecule has 0 aromatic heterocycles. The van der Waals surface area contributed by atoms with Gasteiger partial charge in [0.2, 0.25) is 0 Å². The van der Waals surface area contributed by atoms with Crippen LogP contribution >= 0.6 is 15.6 Å². The van der Waals surface area contributed by atoms with Gasteiger partial charge in [-0.1, -0.05) is 381 Å². The molecule has 0 amide bonds. The number of rotatable bonds is 81. The molecule has 2 unspecified atom stereocenters. The third kappa shape index (κ3) is 74.3. The summed E-state index contributed by atoms with van der Waals surface area (Å²) in [6.45, 7) is 7.34. The van der Waals surface area contributed by atoms with Gasteiger partial charge in [-0.3, -0.25) is 37.3 Å². The van der Waals surface area contributed by atoms with Gasteiger partial charge in [0.05, 0.1) is 26.4 Å². The predicted molar refractivity (Wildman–Crippen MR) is 409 cm³/mol. The molecule has 0 aliphatic heterocycles. The van der Waals surface area contributed by atoms with E-state index in [1.165, 1.54) is 257 Å². The molecule has 0 heterocycles. The summed E-state index contributed by atoms with van der Waals surface area (Å²) < 4.78 is 68.7. The summed E-state index contributed by atoms with van der Waals surface area (Å²) >= 11 is 0. The Morgan fingerprint density at radius 3 is 0.680 bits per heavy atom. The topological polar surface area (TPSA) is 237 Å². The average Bonchev–Trinajstić information content (AvgIpc) is 1.11. The van der Waals surface area contributed by atoms with Crippen LogP contribution in [0.4, 0.5) is 0 Å². The second kappa shape index (κ2) is 73.9. The number of carbonyl (C=O) groups is 4. The van der Waals surface area contributed by atoms with E-state index >= 15 is 0 Å². The Morgan fingerprint density at radius 2 is 0.460 bits per heavy atom. The molecule has 0 aromatic carbocycles. The summed E-state index contributed by atoms with van der Waals surface area (Å²) in [4.78, 5) is 73.0. The lowest BCUT2D eigenvalue weighted by Crippen LogP contribution is -2.30. The summed E-state index contributed by atoms with van der Waals surface area (Å²) in [6, 6.07) is 0. The van der Waals surface area contributed by atoms with Crippen LogP contribution in [0.1, 0.15) is 433 Å². The average molecular weight is 1470 g/mol. The Hall–Kier alpha value is -1.94. The van der Waals surface area contributed by atoms with Gasteiger partial charge in [0, 0.05) is 25.7 Å². The lowest BCUT2D eigenvalue weighted by atomic mass is 10.0. The van der Waals surface area contributed by atoms with Gasteiger partial charge >= 0.3 is 39.5 Å². The minimum Gasteiger partial charge on any atom is -0.462 e. The standard InChI is InChI=1S/C81H158O17P2/c1-6-9-12-15-18-21-24-27-28-29-30-31-32-33-36-41-47-52-57-62-67-81(86)98-77(71-92-79(84)65-60-55-50-45-42-37-38-43-48-53-58-63-74(4)5)73-96-100(89,90)94-69-75(82)68-93-99(87,88)95-72-76(97-80(85)66-61-56-51-46-40-35-26-23-20-17-14-11-8-3)70-91-78(83)64-59-54-49-44-39-34-25-22-19-16-13-10-7-2/h74-77,82H,6-73H2,1-5H3,(H,87,88)(H,89,90)/t75-,76+,77+/m0/s1. The third-order valence-corrected chi connectivity index (χ3v) is 20.9. The highest BCUT2D eigenvalue weighted by Crippen LogP contribution is 2.45. The zero-order valence-corrected chi connectivity index (χ0v) is 67.1. The number of hydrogen-bond donors (Lipinski definition) is 3. The highest BCUT2D eigenvalue weighted by Gasteiger charge is 2.30. The van der Waals surface area contributed by atoms with Crippen molar-refractivity contribution in [1.29, 1.82) is 0 Å². The smallest absolute Gasteiger partial charge is 0.462 e. The van der Waals surface area contributed by atoms with Crippen molar-refractivity contribution in [3.05, 3.63) is 0 Å². The van der Waals surface area contributed by atoms with Crippen molar-refractivity contribution >= 4 is 39.5 Å². The number of aliphatic hydroxyl groups is 1. The van der Waals surface area contributed by atoms with Crippen LogP contribution in [0.25, 0.3) is 0 Å². The first-order valence-corrected chi connectivity index (χ1v) is 45.1. The summed E-state index contributed by atoms with van der Waals surface area (Å²) in [5.41, 5.74) is 0. The van der Waals surface area contributed by atoms with Crippen LogP contribution in [0.3, 0.4) is 0 Å². The second-order valence-corrected chi connectivity index (χ2v) is 32.5. The Bertz CT molecular complexity index is 1910. The Labute approximate surface area is 613 Å². The number of unbranched alkanes of at least 4 members (excludes halogenated alkanes) is 53. The maximum Gasteiger partial charge on any atom is 0.472 e. The van der Waals surface area contributed by atoms with Crippen LogP contribution in [-0.4, -0.2) is 96.7 Å². The molecule has 0 radical (unpaired) electrons. The molecule has 594 valence electrons. The van der Waals surface area contributed by atoms with Crippen molar-refractivity contribution in [3.8, 4) is 0 Å². The van der Waals surface area contributed by atoms with Crippen LogP contribution in [0.15, 0.2) is 0 Å². The molecular formula is C81H158O17P2. The van der Waals surface area contributed by atoms with Gasteiger partial charge < -0.3 is 33.8 Å². The van der Waals surface area contributed by atoms with E-state index in [1.54, 1.807) is 0 Å². The molecule has 0 fully saturated rings. The third-order valence-electron chi connectivity index (χ3n) is 19.0. The van der Waals surface area contributed by atoms with Crippen molar-refractivity contribution in [3.63, 3.8) is 0 Å². The van der Waals surface area contributed by atoms with E-state index in [4.69, 9.17) is 37.0 Å². The first-order valence-electron chi connectivity index (χ1n) is 42.1. The van der Waals surface area contributed by atoms with Gasteiger partial charge in [0.1, 0.15) is 19.3 Å². The number of ether oxygens (including phenoxy) is 4. The largest absolute Gasteiger partial charge is 0.472 e. The van der Waals surface area contributed by atoms with E-state index in [0.29, 0.717) is 25.7 Å². The lowest BCUT2D eigenvalue weighted by Gasteiger charge is -2.21. The predicted octanol–water partition coefficient (Wildman–Crippen LogP) is 24.4. The van der Waals surface area contributed by atoms with E-state index in [1.807, 2.05) is 0 Å². The van der Waals surface area contributed by atoms with Gasteiger partial charge in [-0.25, -0.2) is 9.13 Å². The normalized spacial score (nSPS) is 13.8. The number of phosphoric ester groups is 2. The first-order chi connectivity index (χ1) is 48.5. The Morgan fingerprint density at radius 1 is 0.270 bits per heavy atom. The van der Waals surface area contributed by atoms with Gasteiger partial charge in [-0.2, -0.15) is 0 Å². The summed E-state index contributed by atoms with van der Waals surface area (Å²) in [7, 11) is -9.92. The summed E-state index contributed by atoms with van der Waals surface area (Å²) in [5.74, 6) is -1.33. The zero-order chi connectivity index (χ0) is 73.4. The van der Waals surface area contributed by atoms with Gasteiger partial charge in [-0.05, 0) is 31.6 Å². The molecule has 0 bridgehead atoms. The number of hydrogen-bond acceptors (Lipinski definition) is 15. The number of carbonyl (C=O) groups excluding carboxylic acids is 4. The van der Waals surface area contributed by atoms with Crippen molar-refractivity contribution in [1.82, 2.24) is 0 Å². The molecular weight excluding hydrogens is 1310 g/mol. The second-order valence-electron chi connectivity index (χ2n) is 29.6. The lowest BCUT2D eigenvalue weighted by molar-refractivity contribution is -0.161. The van der Waals surface area contributed by atoms with E-state index in [0.717, 1.165) is 95.8 Å². The minimum absolute atomic E-state index is 0.108. The molecule has 100 heavy (non-hydrogen) atoms. The first kappa shape index (κ1) is 98.1.